The molecule has 4 rings (SSSR count). The van der Waals surface area contributed by atoms with E-state index in [9.17, 15) is 18.8 Å². The van der Waals surface area contributed by atoms with Crippen LogP contribution in [0.1, 0.15) is 34.5 Å². The lowest BCUT2D eigenvalue weighted by molar-refractivity contribution is -0.139. The van der Waals surface area contributed by atoms with Crippen molar-refractivity contribution in [2.45, 2.75) is 19.5 Å². The molecule has 2 aromatic carbocycles. The topological polar surface area (TPSA) is 110 Å². The second kappa shape index (κ2) is 12.0. The molecule has 2 N–H and O–H groups in total. The summed E-state index contributed by atoms with van der Waals surface area (Å²) in [5.74, 6) is -0.964. The zero-order valence-corrected chi connectivity index (χ0v) is 20.9. The minimum Gasteiger partial charge on any atom is -0.497 e. The van der Waals surface area contributed by atoms with Gasteiger partial charge in [0.25, 0.3) is 5.91 Å². The predicted octanol–water partition coefficient (Wildman–Crippen LogP) is 3.74. The van der Waals surface area contributed by atoms with E-state index in [1.807, 2.05) is 6.07 Å². The molecule has 1 aliphatic heterocycles. The number of esters is 1. The highest BCUT2D eigenvalue weighted by molar-refractivity contribution is 5.97. The van der Waals surface area contributed by atoms with Crippen molar-refractivity contribution in [2.24, 2.45) is 0 Å². The molecule has 0 saturated carbocycles. The molecule has 2 heterocycles. The van der Waals surface area contributed by atoms with E-state index in [0.29, 0.717) is 16.9 Å². The molecular formula is C28H27FN4O5. The largest absolute Gasteiger partial charge is 0.497 e. The third-order valence-electron chi connectivity index (χ3n) is 5.90. The first-order valence-electron chi connectivity index (χ1n) is 11.9. The summed E-state index contributed by atoms with van der Waals surface area (Å²) in [5.41, 5.74) is 1.74. The molecule has 196 valence electrons. The van der Waals surface area contributed by atoms with Gasteiger partial charge in [-0.1, -0.05) is 18.2 Å². The Balaban J connectivity index is 1.77. The average Bonchev–Trinajstić information content (AvgIpc) is 2.92. The molecule has 0 bridgehead atoms. The quantitative estimate of drug-likeness (QED) is 0.418. The maximum atomic E-state index is 14.1. The number of ether oxygens (including phenoxy) is 2. The maximum Gasteiger partial charge on any atom is 0.338 e. The fraction of sp³-hybridized carbons (Fsp3) is 0.214. The van der Waals surface area contributed by atoms with Crippen LogP contribution < -0.4 is 15.4 Å². The lowest BCUT2D eigenvalue weighted by atomic mass is 9.94. The SMILES string of the molecule is CCOC(=O)C1=C(CN(Cc2cccnc2)C(=O)c2ccc(OC)cc2)NC(=O)N[C@@H]1c1cccc(F)c1. The van der Waals surface area contributed by atoms with Crippen LogP contribution in [0.2, 0.25) is 0 Å². The number of carbonyl (C=O) groups excluding carboxylic acids is 3. The Bertz CT molecular complexity index is 1340. The number of halogens is 1. The highest BCUT2D eigenvalue weighted by Gasteiger charge is 2.35. The molecule has 0 spiro atoms. The summed E-state index contributed by atoms with van der Waals surface area (Å²) in [6.07, 6.45) is 3.25. The van der Waals surface area contributed by atoms with Crippen molar-refractivity contribution in [3.8, 4) is 5.75 Å². The van der Waals surface area contributed by atoms with E-state index in [2.05, 4.69) is 15.6 Å². The molecule has 9 nitrogen and oxygen atoms in total. The number of carbonyl (C=O) groups is 3. The molecule has 0 saturated heterocycles. The first kappa shape index (κ1) is 26.3. The minimum absolute atomic E-state index is 0.0794. The summed E-state index contributed by atoms with van der Waals surface area (Å²) < 4.78 is 24.5. The van der Waals surface area contributed by atoms with Gasteiger partial charge in [-0.2, -0.15) is 0 Å². The number of nitrogens with zero attached hydrogens (tertiary/aromatic N) is 2. The molecule has 0 radical (unpaired) electrons. The Hall–Kier alpha value is -4.73. The van der Waals surface area contributed by atoms with Crippen LogP contribution in [0.4, 0.5) is 9.18 Å². The predicted molar refractivity (Wildman–Crippen MR) is 136 cm³/mol. The van der Waals surface area contributed by atoms with Crippen LogP contribution >= 0.6 is 0 Å². The standard InChI is InChI=1S/C28H27FN4O5/c1-3-38-27(35)24-23(31-28(36)32-25(24)20-7-4-8-21(29)14-20)17-33(16-18-6-5-13-30-15-18)26(34)19-9-11-22(37-2)12-10-19/h4-15,25H,3,16-17H2,1-2H3,(H2,31,32,36)/t25-/m1/s1. The summed E-state index contributed by atoms with van der Waals surface area (Å²) in [4.78, 5) is 45.1. The van der Waals surface area contributed by atoms with Crippen molar-refractivity contribution < 1.29 is 28.2 Å². The van der Waals surface area contributed by atoms with Crippen LogP contribution in [0.3, 0.4) is 0 Å². The average molecular weight is 519 g/mol. The first-order chi connectivity index (χ1) is 18.4. The molecule has 3 aromatic rings. The highest BCUT2D eigenvalue weighted by atomic mass is 19.1. The number of amides is 3. The Morgan fingerprint density at radius 1 is 1.08 bits per heavy atom. The molecule has 1 aromatic heterocycles. The fourth-order valence-electron chi connectivity index (χ4n) is 4.15. The van der Waals surface area contributed by atoms with E-state index in [4.69, 9.17) is 9.47 Å². The van der Waals surface area contributed by atoms with Gasteiger partial charge in [-0.05, 0) is 60.5 Å². The number of benzene rings is 2. The summed E-state index contributed by atoms with van der Waals surface area (Å²) in [6, 6.07) is 14.2. The number of nitrogens with one attached hydrogen (secondary N) is 2. The monoisotopic (exact) mass is 518 g/mol. The van der Waals surface area contributed by atoms with Gasteiger partial charge >= 0.3 is 12.0 Å². The van der Waals surface area contributed by atoms with Gasteiger partial charge in [-0.3, -0.25) is 9.78 Å². The number of methoxy groups -OCH3 is 1. The van der Waals surface area contributed by atoms with Crippen molar-refractivity contribution >= 4 is 17.9 Å². The van der Waals surface area contributed by atoms with Gasteiger partial charge in [0, 0.05) is 24.5 Å². The Kier molecular flexibility index (Phi) is 8.32. The molecule has 38 heavy (non-hydrogen) atoms. The molecule has 0 aliphatic carbocycles. The summed E-state index contributed by atoms with van der Waals surface area (Å²) in [5, 5.41) is 5.34. The lowest BCUT2D eigenvalue weighted by Gasteiger charge is -2.32. The van der Waals surface area contributed by atoms with E-state index >= 15 is 0 Å². The second-order valence-electron chi connectivity index (χ2n) is 8.45. The van der Waals surface area contributed by atoms with Crippen LogP contribution in [0.5, 0.6) is 5.75 Å². The number of aromatic nitrogens is 1. The minimum atomic E-state index is -0.982. The van der Waals surface area contributed by atoms with Crippen molar-refractivity contribution in [3.05, 3.63) is 107 Å². The second-order valence-corrected chi connectivity index (χ2v) is 8.45. The van der Waals surface area contributed by atoms with Crippen LogP contribution in [-0.4, -0.2) is 48.1 Å². The third kappa shape index (κ3) is 6.15. The van der Waals surface area contributed by atoms with Gasteiger partial charge in [-0.15, -0.1) is 0 Å². The molecule has 3 amide bonds. The van der Waals surface area contributed by atoms with Crippen LogP contribution in [-0.2, 0) is 16.1 Å². The molecular weight excluding hydrogens is 491 g/mol. The van der Waals surface area contributed by atoms with Gasteiger partial charge in [0.2, 0.25) is 0 Å². The van der Waals surface area contributed by atoms with Crippen molar-refractivity contribution in [2.75, 3.05) is 20.3 Å². The molecule has 1 aliphatic rings. The summed E-state index contributed by atoms with van der Waals surface area (Å²) >= 11 is 0. The number of urea groups is 1. The molecule has 0 unspecified atom stereocenters. The van der Waals surface area contributed by atoms with E-state index in [1.54, 1.807) is 55.7 Å². The molecule has 1 atom stereocenters. The smallest absolute Gasteiger partial charge is 0.338 e. The van der Waals surface area contributed by atoms with Crippen molar-refractivity contribution in [1.82, 2.24) is 20.5 Å². The zero-order valence-electron chi connectivity index (χ0n) is 20.9. The van der Waals surface area contributed by atoms with Crippen LogP contribution in [0, 0.1) is 5.82 Å². The van der Waals surface area contributed by atoms with E-state index < -0.39 is 23.9 Å². The number of hydrogen-bond donors (Lipinski definition) is 2. The van der Waals surface area contributed by atoms with E-state index in [1.165, 1.54) is 30.2 Å². The van der Waals surface area contributed by atoms with Crippen molar-refractivity contribution in [1.29, 1.82) is 0 Å². The first-order valence-corrected chi connectivity index (χ1v) is 11.9. The van der Waals surface area contributed by atoms with Crippen LogP contribution in [0.15, 0.2) is 84.3 Å². The van der Waals surface area contributed by atoms with Crippen molar-refractivity contribution in [3.63, 3.8) is 0 Å². The van der Waals surface area contributed by atoms with E-state index in [-0.39, 0.29) is 36.9 Å². The third-order valence-corrected chi connectivity index (χ3v) is 5.90. The number of pyridine rings is 1. The normalized spacial score (nSPS) is 14.8. The Labute approximate surface area is 219 Å². The van der Waals surface area contributed by atoms with Gasteiger partial charge < -0.3 is 25.0 Å². The summed E-state index contributed by atoms with van der Waals surface area (Å²) in [7, 11) is 1.53. The number of rotatable bonds is 9. The van der Waals surface area contributed by atoms with Crippen LogP contribution in [0.25, 0.3) is 0 Å². The maximum absolute atomic E-state index is 14.1. The van der Waals surface area contributed by atoms with Gasteiger partial charge in [0.15, 0.2) is 0 Å². The highest BCUT2D eigenvalue weighted by Crippen LogP contribution is 2.29. The lowest BCUT2D eigenvalue weighted by Crippen LogP contribution is -2.49. The van der Waals surface area contributed by atoms with E-state index in [0.717, 1.165) is 5.56 Å². The number of hydrogen-bond acceptors (Lipinski definition) is 6. The molecule has 0 fully saturated rings. The molecule has 10 heteroatoms. The summed E-state index contributed by atoms with van der Waals surface area (Å²) in [6.45, 7) is 1.76. The van der Waals surface area contributed by atoms with Gasteiger partial charge in [-0.25, -0.2) is 14.0 Å². The Morgan fingerprint density at radius 3 is 2.53 bits per heavy atom. The fourth-order valence-corrected chi connectivity index (χ4v) is 4.15. The Morgan fingerprint density at radius 2 is 1.87 bits per heavy atom. The van der Waals surface area contributed by atoms with Gasteiger partial charge in [0.1, 0.15) is 11.6 Å². The zero-order chi connectivity index (χ0) is 27.1. The van der Waals surface area contributed by atoms with Gasteiger partial charge in [0.05, 0.1) is 37.6 Å².